The molecule has 1 N–H and O–H groups in total. The molecule has 3 heteroatoms. The van der Waals surface area contributed by atoms with Crippen LogP contribution in [0.1, 0.15) is 39.5 Å². The number of unbranched alkanes of at least 4 members (excludes halogenated alkanes) is 1. The topological polar surface area (TPSA) is 38.3 Å². The summed E-state index contributed by atoms with van der Waals surface area (Å²) in [7, 11) is 0. The molecule has 0 aliphatic carbocycles. The van der Waals surface area contributed by atoms with Crippen molar-refractivity contribution in [1.82, 2.24) is 5.32 Å². The van der Waals surface area contributed by atoms with Crippen LogP contribution in [0.3, 0.4) is 0 Å². The quantitative estimate of drug-likeness (QED) is 0.737. The lowest BCUT2D eigenvalue weighted by atomic mass is 9.99. The van der Waals surface area contributed by atoms with Gasteiger partial charge in [-0.1, -0.05) is 63.4 Å². The molecule has 3 nitrogen and oxygen atoms in total. The van der Waals surface area contributed by atoms with Crippen molar-refractivity contribution in [3.63, 3.8) is 0 Å². The summed E-state index contributed by atoms with van der Waals surface area (Å²) in [6.45, 7) is 5.19. The van der Waals surface area contributed by atoms with Gasteiger partial charge in [-0.05, 0) is 35.2 Å². The molecule has 0 fully saturated rings. The van der Waals surface area contributed by atoms with E-state index < -0.39 is 0 Å². The summed E-state index contributed by atoms with van der Waals surface area (Å²) < 4.78 is 5.61. The van der Waals surface area contributed by atoms with Gasteiger partial charge in [0.2, 0.25) is 0 Å². The highest BCUT2D eigenvalue weighted by Gasteiger charge is 2.09. The van der Waals surface area contributed by atoms with Gasteiger partial charge in [0.1, 0.15) is 5.75 Å². The Morgan fingerprint density at radius 2 is 1.91 bits per heavy atom. The molecule has 0 bridgehead atoms. The minimum Gasteiger partial charge on any atom is -0.484 e. The summed E-state index contributed by atoms with van der Waals surface area (Å²) in [6, 6.07) is 14.0. The molecule has 0 saturated carbocycles. The van der Waals surface area contributed by atoms with E-state index in [9.17, 15) is 4.79 Å². The number of fused-ring (bicyclic) bond motifs is 1. The van der Waals surface area contributed by atoms with Gasteiger partial charge in [-0.3, -0.25) is 4.79 Å². The molecule has 0 unspecified atom stereocenters. The van der Waals surface area contributed by atoms with Gasteiger partial charge in [0, 0.05) is 6.54 Å². The highest BCUT2D eigenvalue weighted by molar-refractivity contribution is 5.84. The number of hydrogen-bond acceptors (Lipinski definition) is 2. The van der Waals surface area contributed by atoms with E-state index in [4.69, 9.17) is 4.74 Å². The van der Waals surface area contributed by atoms with Crippen LogP contribution in [-0.2, 0) is 4.79 Å². The molecule has 0 aliphatic heterocycles. The molecule has 2 rings (SSSR count). The van der Waals surface area contributed by atoms with E-state index in [-0.39, 0.29) is 12.5 Å². The van der Waals surface area contributed by atoms with Crippen molar-refractivity contribution in [2.75, 3.05) is 13.2 Å². The van der Waals surface area contributed by atoms with Crippen molar-refractivity contribution < 1.29 is 9.53 Å². The Balaban J connectivity index is 1.78. The molecule has 1 amide bonds. The minimum absolute atomic E-state index is 0.0480. The summed E-state index contributed by atoms with van der Waals surface area (Å²) in [5, 5.41) is 5.28. The summed E-state index contributed by atoms with van der Waals surface area (Å²) in [4.78, 5) is 11.9. The summed E-state index contributed by atoms with van der Waals surface area (Å²) in [5.41, 5.74) is 0. The van der Waals surface area contributed by atoms with E-state index in [0.717, 1.165) is 24.1 Å². The molecule has 0 aliphatic rings. The molecular formula is C20H27NO2. The summed E-state index contributed by atoms with van der Waals surface area (Å²) in [6.07, 6.45) is 4.71. The average Bonchev–Trinajstić information content (AvgIpc) is 2.60. The van der Waals surface area contributed by atoms with Crippen LogP contribution in [0.15, 0.2) is 42.5 Å². The zero-order valence-corrected chi connectivity index (χ0v) is 14.2. The molecule has 0 saturated heterocycles. The smallest absolute Gasteiger partial charge is 0.257 e. The third-order valence-electron chi connectivity index (χ3n) is 4.22. The van der Waals surface area contributed by atoms with Crippen LogP contribution < -0.4 is 10.1 Å². The maximum absolute atomic E-state index is 11.9. The fraction of sp³-hybridized carbons (Fsp3) is 0.450. The fourth-order valence-corrected chi connectivity index (χ4v) is 2.66. The lowest BCUT2D eigenvalue weighted by molar-refractivity contribution is -0.123. The van der Waals surface area contributed by atoms with Gasteiger partial charge >= 0.3 is 0 Å². The maximum Gasteiger partial charge on any atom is 0.257 e. The lowest BCUT2D eigenvalue weighted by Gasteiger charge is -2.15. The van der Waals surface area contributed by atoms with Crippen LogP contribution in [0.25, 0.3) is 10.8 Å². The first-order valence-electron chi connectivity index (χ1n) is 8.61. The van der Waals surface area contributed by atoms with Crippen LogP contribution in [-0.4, -0.2) is 19.1 Å². The monoisotopic (exact) mass is 313 g/mol. The predicted molar refractivity (Wildman–Crippen MR) is 95.8 cm³/mol. The SMILES string of the molecule is CCCC[C@H](CC)CNC(=O)COc1ccc2ccccc2c1. The number of ether oxygens (including phenoxy) is 1. The highest BCUT2D eigenvalue weighted by atomic mass is 16.5. The first-order valence-corrected chi connectivity index (χ1v) is 8.61. The van der Waals surface area contributed by atoms with E-state index in [1.807, 2.05) is 36.4 Å². The largest absolute Gasteiger partial charge is 0.484 e. The van der Waals surface area contributed by atoms with E-state index >= 15 is 0 Å². The van der Waals surface area contributed by atoms with Crippen molar-refractivity contribution in [1.29, 1.82) is 0 Å². The number of rotatable bonds is 9. The average molecular weight is 313 g/mol. The molecule has 0 radical (unpaired) electrons. The van der Waals surface area contributed by atoms with Gasteiger partial charge in [0.15, 0.2) is 6.61 Å². The van der Waals surface area contributed by atoms with Crippen molar-refractivity contribution in [2.45, 2.75) is 39.5 Å². The summed E-state index contributed by atoms with van der Waals surface area (Å²) in [5.74, 6) is 1.25. The number of hydrogen-bond donors (Lipinski definition) is 1. The molecule has 2 aromatic rings. The van der Waals surface area contributed by atoms with Crippen LogP contribution in [0.4, 0.5) is 0 Å². The third kappa shape index (κ3) is 5.59. The molecule has 0 spiro atoms. The van der Waals surface area contributed by atoms with Crippen molar-refractivity contribution in [3.05, 3.63) is 42.5 Å². The Morgan fingerprint density at radius 1 is 1.13 bits per heavy atom. The number of benzene rings is 2. The van der Waals surface area contributed by atoms with Gasteiger partial charge in [0.05, 0.1) is 0 Å². The second kappa shape index (κ2) is 9.19. The second-order valence-corrected chi connectivity index (χ2v) is 6.02. The highest BCUT2D eigenvalue weighted by Crippen LogP contribution is 2.20. The second-order valence-electron chi connectivity index (χ2n) is 6.02. The normalized spacial score (nSPS) is 12.1. The number of carbonyl (C=O) groups excluding carboxylic acids is 1. The van der Waals surface area contributed by atoms with Crippen LogP contribution in [0, 0.1) is 5.92 Å². The zero-order valence-electron chi connectivity index (χ0n) is 14.2. The van der Waals surface area contributed by atoms with Gasteiger partial charge in [-0.2, -0.15) is 0 Å². The van der Waals surface area contributed by atoms with Crippen molar-refractivity contribution in [3.8, 4) is 5.75 Å². The Bertz CT molecular complexity index is 624. The van der Waals surface area contributed by atoms with E-state index in [1.165, 1.54) is 24.6 Å². The Labute approximate surface area is 139 Å². The number of nitrogens with one attached hydrogen (secondary N) is 1. The van der Waals surface area contributed by atoms with Gasteiger partial charge in [0.25, 0.3) is 5.91 Å². The lowest BCUT2D eigenvalue weighted by Crippen LogP contribution is -2.33. The Hall–Kier alpha value is -2.03. The van der Waals surface area contributed by atoms with E-state index in [1.54, 1.807) is 0 Å². The van der Waals surface area contributed by atoms with Crippen LogP contribution in [0.5, 0.6) is 5.75 Å². The predicted octanol–water partition coefficient (Wildman–Crippen LogP) is 4.55. The third-order valence-corrected chi connectivity index (χ3v) is 4.22. The van der Waals surface area contributed by atoms with Crippen molar-refractivity contribution >= 4 is 16.7 Å². The molecular weight excluding hydrogens is 286 g/mol. The molecule has 0 aromatic heterocycles. The van der Waals surface area contributed by atoms with Gasteiger partial charge < -0.3 is 10.1 Å². The zero-order chi connectivity index (χ0) is 16.5. The maximum atomic E-state index is 11.9. The van der Waals surface area contributed by atoms with Crippen LogP contribution in [0.2, 0.25) is 0 Å². The number of carbonyl (C=O) groups is 1. The molecule has 124 valence electrons. The van der Waals surface area contributed by atoms with E-state index in [2.05, 4.69) is 25.2 Å². The Kier molecular flexibility index (Phi) is 6.92. The van der Waals surface area contributed by atoms with Gasteiger partial charge in [-0.25, -0.2) is 0 Å². The first-order chi connectivity index (χ1) is 11.2. The van der Waals surface area contributed by atoms with Crippen molar-refractivity contribution in [2.24, 2.45) is 5.92 Å². The standard InChI is InChI=1S/C20H27NO2/c1-3-5-8-16(4-2)14-21-20(22)15-23-19-12-11-17-9-6-7-10-18(17)13-19/h6-7,9-13,16H,3-5,8,14-15H2,1-2H3,(H,21,22)/t16-/m0/s1. The van der Waals surface area contributed by atoms with Gasteiger partial charge in [-0.15, -0.1) is 0 Å². The van der Waals surface area contributed by atoms with E-state index in [0.29, 0.717) is 5.92 Å². The van der Waals surface area contributed by atoms with Crippen LogP contribution >= 0.6 is 0 Å². The minimum atomic E-state index is -0.0480. The molecule has 23 heavy (non-hydrogen) atoms. The fourth-order valence-electron chi connectivity index (χ4n) is 2.66. The summed E-state index contributed by atoms with van der Waals surface area (Å²) >= 11 is 0. The Morgan fingerprint density at radius 3 is 2.65 bits per heavy atom. The number of amides is 1. The molecule has 1 atom stereocenters. The molecule has 2 aromatic carbocycles. The molecule has 0 heterocycles. The first kappa shape index (κ1) is 17.3.